The Kier molecular flexibility index (Phi) is 3.93. The normalized spacial score (nSPS) is 27.6. The van der Waals surface area contributed by atoms with E-state index in [1.54, 1.807) is 0 Å². The van der Waals surface area contributed by atoms with Crippen molar-refractivity contribution in [1.29, 1.82) is 0 Å². The van der Waals surface area contributed by atoms with E-state index in [-0.39, 0.29) is 0 Å². The van der Waals surface area contributed by atoms with Gasteiger partial charge in [0.05, 0.1) is 10.7 Å². The number of nitrogens with zero attached hydrogens (tertiary/aromatic N) is 2. The average Bonchev–Trinajstić information content (AvgIpc) is 2.84. The number of anilines is 1. The summed E-state index contributed by atoms with van der Waals surface area (Å²) in [5.74, 6) is 0. The summed E-state index contributed by atoms with van der Waals surface area (Å²) in [5, 5.41) is 1.48. The number of halogens is 2. The molecule has 104 valence electrons. The van der Waals surface area contributed by atoms with Gasteiger partial charge in [0.1, 0.15) is 0 Å². The van der Waals surface area contributed by atoms with Gasteiger partial charge >= 0.3 is 0 Å². The molecule has 2 aliphatic rings. The lowest BCUT2D eigenvalue weighted by atomic mass is 10.0. The molecule has 0 spiro atoms. The van der Waals surface area contributed by atoms with Crippen molar-refractivity contribution < 1.29 is 0 Å². The highest BCUT2D eigenvalue weighted by Crippen LogP contribution is 2.35. The Labute approximate surface area is 125 Å². The molecule has 4 heteroatoms. The van der Waals surface area contributed by atoms with E-state index in [9.17, 15) is 0 Å². The van der Waals surface area contributed by atoms with Crippen LogP contribution in [0.5, 0.6) is 0 Å². The summed E-state index contributed by atoms with van der Waals surface area (Å²) in [4.78, 5) is 5.14. The number of piperazine rings is 1. The number of hydrogen-bond acceptors (Lipinski definition) is 2. The number of benzene rings is 1. The highest BCUT2D eigenvalue weighted by molar-refractivity contribution is 6.36. The third-order valence-electron chi connectivity index (χ3n) is 4.48. The number of rotatable bonds is 2. The average molecular weight is 299 g/mol. The Morgan fingerprint density at radius 2 is 2.11 bits per heavy atom. The van der Waals surface area contributed by atoms with Gasteiger partial charge in [-0.25, -0.2) is 0 Å². The fraction of sp³-hybridized carbons (Fsp3) is 0.600. The summed E-state index contributed by atoms with van der Waals surface area (Å²) < 4.78 is 0. The van der Waals surface area contributed by atoms with Crippen molar-refractivity contribution in [2.24, 2.45) is 0 Å². The third kappa shape index (κ3) is 2.58. The summed E-state index contributed by atoms with van der Waals surface area (Å²) in [5.41, 5.74) is 1.14. The Hall–Kier alpha value is -0.440. The molecule has 0 aliphatic carbocycles. The Balaban J connectivity index is 1.88. The van der Waals surface area contributed by atoms with Crippen LogP contribution in [-0.2, 0) is 0 Å². The SMILES string of the molecule is CCC1CN2CCCC2CN1c1ccc(Cl)cc1Cl. The van der Waals surface area contributed by atoms with Crippen LogP contribution in [0.4, 0.5) is 5.69 Å². The van der Waals surface area contributed by atoms with E-state index in [0.29, 0.717) is 17.1 Å². The molecule has 2 fully saturated rings. The van der Waals surface area contributed by atoms with Crippen LogP contribution >= 0.6 is 23.2 Å². The summed E-state index contributed by atoms with van der Waals surface area (Å²) >= 11 is 12.4. The molecular weight excluding hydrogens is 279 g/mol. The van der Waals surface area contributed by atoms with E-state index in [0.717, 1.165) is 23.7 Å². The molecule has 19 heavy (non-hydrogen) atoms. The van der Waals surface area contributed by atoms with E-state index in [1.807, 2.05) is 12.1 Å². The van der Waals surface area contributed by atoms with Gasteiger partial charge in [-0.05, 0) is 44.0 Å². The summed E-state index contributed by atoms with van der Waals surface area (Å²) in [6.45, 7) is 5.79. The highest BCUT2D eigenvalue weighted by Gasteiger charge is 2.36. The molecule has 0 bridgehead atoms. The van der Waals surface area contributed by atoms with Crippen molar-refractivity contribution >= 4 is 28.9 Å². The minimum absolute atomic E-state index is 0.563. The molecule has 2 aliphatic heterocycles. The van der Waals surface area contributed by atoms with Crippen molar-refractivity contribution in [3.05, 3.63) is 28.2 Å². The molecule has 0 N–H and O–H groups in total. The van der Waals surface area contributed by atoms with Gasteiger partial charge in [0.25, 0.3) is 0 Å². The van der Waals surface area contributed by atoms with E-state index in [1.165, 1.54) is 25.9 Å². The molecular formula is C15H20Cl2N2. The van der Waals surface area contributed by atoms with Crippen LogP contribution < -0.4 is 4.90 Å². The molecule has 0 radical (unpaired) electrons. The van der Waals surface area contributed by atoms with Gasteiger partial charge in [-0.2, -0.15) is 0 Å². The maximum atomic E-state index is 6.39. The maximum absolute atomic E-state index is 6.39. The molecule has 1 aromatic rings. The number of fused-ring (bicyclic) bond motifs is 1. The molecule has 2 unspecified atom stereocenters. The third-order valence-corrected chi connectivity index (χ3v) is 5.02. The molecule has 0 aromatic heterocycles. The van der Waals surface area contributed by atoms with Gasteiger partial charge in [0, 0.05) is 30.2 Å². The minimum Gasteiger partial charge on any atom is -0.364 e. The second-order valence-corrected chi connectivity index (χ2v) is 6.44. The second kappa shape index (κ2) is 5.51. The van der Waals surface area contributed by atoms with Crippen LogP contribution in [0.15, 0.2) is 18.2 Å². The standard InChI is InChI=1S/C15H20Cl2N2/c1-2-12-9-18-7-3-4-13(18)10-19(12)15-6-5-11(16)8-14(15)17/h5-6,8,12-13H,2-4,7,9-10H2,1H3. The first-order chi connectivity index (χ1) is 9.19. The fourth-order valence-corrected chi connectivity index (χ4v) is 3.96. The zero-order chi connectivity index (χ0) is 13.4. The first kappa shape index (κ1) is 13.5. The summed E-state index contributed by atoms with van der Waals surface area (Å²) in [7, 11) is 0. The van der Waals surface area contributed by atoms with E-state index in [4.69, 9.17) is 23.2 Å². The second-order valence-electron chi connectivity index (χ2n) is 5.60. The van der Waals surface area contributed by atoms with E-state index in [2.05, 4.69) is 22.8 Å². The number of hydrogen-bond donors (Lipinski definition) is 0. The molecule has 2 saturated heterocycles. The summed E-state index contributed by atoms with van der Waals surface area (Å²) in [6.07, 6.45) is 3.81. The van der Waals surface area contributed by atoms with E-state index >= 15 is 0 Å². The lowest BCUT2D eigenvalue weighted by molar-refractivity contribution is 0.195. The quantitative estimate of drug-likeness (QED) is 0.812. The van der Waals surface area contributed by atoms with Gasteiger partial charge in [0.15, 0.2) is 0 Å². The maximum Gasteiger partial charge on any atom is 0.0654 e. The van der Waals surface area contributed by atoms with Crippen molar-refractivity contribution in [2.75, 3.05) is 24.5 Å². The largest absolute Gasteiger partial charge is 0.364 e. The van der Waals surface area contributed by atoms with Crippen molar-refractivity contribution in [1.82, 2.24) is 4.90 Å². The molecule has 2 atom stereocenters. The molecule has 2 heterocycles. The van der Waals surface area contributed by atoms with Crippen LogP contribution in [0.2, 0.25) is 10.0 Å². The van der Waals surface area contributed by atoms with Crippen molar-refractivity contribution in [3.63, 3.8) is 0 Å². The van der Waals surface area contributed by atoms with Gasteiger partial charge in [-0.1, -0.05) is 30.1 Å². The van der Waals surface area contributed by atoms with Crippen LogP contribution in [-0.4, -0.2) is 36.6 Å². The van der Waals surface area contributed by atoms with Crippen LogP contribution in [0.25, 0.3) is 0 Å². The van der Waals surface area contributed by atoms with Crippen molar-refractivity contribution in [2.45, 2.75) is 38.3 Å². The lowest BCUT2D eigenvalue weighted by Gasteiger charge is -2.45. The van der Waals surface area contributed by atoms with Crippen LogP contribution in [0.3, 0.4) is 0 Å². The lowest BCUT2D eigenvalue weighted by Crippen LogP contribution is -2.56. The van der Waals surface area contributed by atoms with Crippen LogP contribution in [0.1, 0.15) is 26.2 Å². The van der Waals surface area contributed by atoms with E-state index < -0.39 is 0 Å². The van der Waals surface area contributed by atoms with Crippen molar-refractivity contribution in [3.8, 4) is 0 Å². The first-order valence-electron chi connectivity index (χ1n) is 7.14. The van der Waals surface area contributed by atoms with Crippen LogP contribution in [0, 0.1) is 0 Å². The van der Waals surface area contributed by atoms with Gasteiger partial charge in [0.2, 0.25) is 0 Å². The molecule has 3 rings (SSSR count). The Morgan fingerprint density at radius 3 is 2.84 bits per heavy atom. The zero-order valence-corrected chi connectivity index (χ0v) is 12.8. The van der Waals surface area contributed by atoms with Gasteiger partial charge in [-0.3, -0.25) is 4.90 Å². The summed E-state index contributed by atoms with van der Waals surface area (Å²) in [6, 6.07) is 7.13. The zero-order valence-electron chi connectivity index (χ0n) is 11.3. The highest BCUT2D eigenvalue weighted by atomic mass is 35.5. The minimum atomic E-state index is 0.563. The smallest absolute Gasteiger partial charge is 0.0654 e. The monoisotopic (exact) mass is 298 g/mol. The predicted octanol–water partition coefficient (Wildman–Crippen LogP) is 4.06. The molecule has 0 saturated carbocycles. The molecule has 0 amide bonds. The van der Waals surface area contributed by atoms with Gasteiger partial charge < -0.3 is 4.90 Å². The Morgan fingerprint density at radius 1 is 1.26 bits per heavy atom. The molecule has 2 nitrogen and oxygen atoms in total. The Bertz CT molecular complexity index is 463. The van der Waals surface area contributed by atoms with Gasteiger partial charge in [-0.15, -0.1) is 0 Å². The fourth-order valence-electron chi connectivity index (χ4n) is 3.45. The first-order valence-corrected chi connectivity index (χ1v) is 7.90. The predicted molar refractivity (Wildman–Crippen MR) is 82.5 cm³/mol. The topological polar surface area (TPSA) is 6.48 Å². The molecule has 1 aromatic carbocycles.